The molecular formula is C14H17FN2S. The fourth-order valence-corrected chi connectivity index (χ4v) is 2.45. The number of H-pyrrole nitrogens is 1. The van der Waals surface area contributed by atoms with Crippen LogP contribution in [-0.2, 0) is 13.0 Å². The summed E-state index contributed by atoms with van der Waals surface area (Å²) in [7, 11) is 0. The molecule has 0 bridgehead atoms. The van der Waals surface area contributed by atoms with Gasteiger partial charge < -0.3 is 9.55 Å². The lowest BCUT2D eigenvalue weighted by Crippen LogP contribution is -2.05. The summed E-state index contributed by atoms with van der Waals surface area (Å²) in [6.07, 6.45) is 2.86. The van der Waals surface area contributed by atoms with Crippen molar-refractivity contribution in [3.05, 3.63) is 51.3 Å². The largest absolute Gasteiger partial charge is 0.337 e. The number of benzene rings is 1. The van der Waals surface area contributed by atoms with E-state index >= 15 is 0 Å². The SMILES string of the molecule is CCc1c[nH]c(=S)n1Cc1cc(C)c(F)c(C)c1. The van der Waals surface area contributed by atoms with Gasteiger partial charge in [-0.1, -0.05) is 19.1 Å². The molecule has 1 heterocycles. The molecule has 18 heavy (non-hydrogen) atoms. The van der Waals surface area contributed by atoms with E-state index in [1.165, 1.54) is 5.69 Å². The van der Waals surface area contributed by atoms with Crippen LogP contribution in [0.5, 0.6) is 0 Å². The molecule has 0 spiro atoms. The van der Waals surface area contributed by atoms with Crippen LogP contribution >= 0.6 is 12.2 Å². The third kappa shape index (κ3) is 2.38. The number of aromatic amines is 1. The highest BCUT2D eigenvalue weighted by molar-refractivity contribution is 7.71. The molecule has 4 heteroatoms. The van der Waals surface area contributed by atoms with Gasteiger partial charge in [0.25, 0.3) is 0 Å². The second kappa shape index (κ2) is 5.06. The van der Waals surface area contributed by atoms with E-state index in [0.717, 1.165) is 12.0 Å². The first-order valence-corrected chi connectivity index (χ1v) is 6.46. The minimum absolute atomic E-state index is 0.118. The second-order valence-electron chi connectivity index (χ2n) is 4.57. The lowest BCUT2D eigenvalue weighted by atomic mass is 10.1. The summed E-state index contributed by atoms with van der Waals surface area (Å²) in [5.74, 6) is -0.118. The lowest BCUT2D eigenvalue weighted by molar-refractivity contribution is 0.607. The molecular weight excluding hydrogens is 247 g/mol. The quantitative estimate of drug-likeness (QED) is 0.833. The Morgan fingerprint density at radius 1 is 1.28 bits per heavy atom. The Labute approximate surface area is 111 Å². The highest BCUT2D eigenvalue weighted by Crippen LogP contribution is 2.16. The van der Waals surface area contributed by atoms with Crippen LogP contribution < -0.4 is 0 Å². The number of imidazole rings is 1. The third-order valence-corrected chi connectivity index (χ3v) is 3.49. The molecule has 0 saturated heterocycles. The van der Waals surface area contributed by atoms with Crippen molar-refractivity contribution in [3.8, 4) is 0 Å². The van der Waals surface area contributed by atoms with E-state index in [4.69, 9.17) is 12.2 Å². The number of hydrogen-bond acceptors (Lipinski definition) is 1. The molecule has 1 N–H and O–H groups in total. The average molecular weight is 264 g/mol. The fourth-order valence-electron chi connectivity index (χ4n) is 2.21. The first kappa shape index (κ1) is 13.0. The average Bonchev–Trinajstić information content (AvgIpc) is 2.67. The lowest BCUT2D eigenvalue weighted by Gasteiger charge is -2.10. The van der Waals surface area contributed by atoms with E-state index in [9.17, 15) is 4.39 Å². The monoisotopic (exact) mass is 264 g/mol. The zero-order chi connectivity index (χ0) is 13.3. The van der Waals surface area contributed by atoms with E-state index in [2.05, 4.69) is 16.5 Å². The summed E-state index contributed by atoms with van der Waals surface area (Å²) in [5.41, 5.74) is 3.62. The third-order valence-electron chi connectivity index (χ3n) is 3.15. The highest BCUT2D eigenvalue weighted by atomic mass is 32.1. The molecule has 2 rings (SSSR count). The van der Waals surface area contributed by atoms with Gasteiger partial charge >= 0.3 is 0 Å². The molecule has 2 nitrogen and oxygen atoms in total. The number of nitrogens with one attached hydrogen (secondary N) is 1. The molecule has 0 aliphatic carbocycles. The van der Waals surface area contributed by atoms with Crippen LogP contribution in [0, 0.1) is 24.4 Å². The molecule has 0 amide bonds. The molecule has 1 aromatic heterocycles. The predicted molar refractivity (Wildman–Crippen MR) is 74.0 cm³/mol. The van der Waals surface area contributed by atoms with Gasteiger partial charge in [0.05, 0.1) is 6.54 Å². The van der Waals surface area contributed by atoms with Crippen LogP contribution in [0.3, 0.4) is 0 Å². The van der Waals surface area contributed by atoms with Crippen molar-refractivity contribution >= 4 is 12.2 Å². The van der Waals surface area contributed by atoms with Crippen LogP contribution in [0.15, 0.2) is 18.3 Å². The van der Waals surface area contributed by atoms with Crippen molar-refractivity contribution in [2.75, 3.05) is 0 Å². The smallest absolute Gasteiger partial charge is 0.177 e. The van der Waals surface area contributed by atoms with Crippen LogP contribution in [0.2, 0.25) is 0 Å². The number of nitrogens with zero attached hydrogens (tertiary/aromatic N) is 1. The molecule has 0 aliphatic heterocycles. The Hall–Kier alpha value is -1.42. The second-order valence-corrected chi connectivity index (χ2v) is 4.96. The van der Waals surface area contributed by atoms with Gasteiger partial charge in [-0.05, 0) is 49.2 Å². The van der Waals surface area contributed by atoms with E-state index < -0.39 is 0 Å². The molecule has 0 fully saturated rings. The normalized spacial score (nSPS) is 10.9. The summed E-state index contributed by atoms with van der Waals surface area (Å²) >= 11 is 5.26. The van der Waals surface area contributed by atoms with Gasteiger partial charge in [0.1, 0.15) is 5.82 Å². The molecule has 2 aromatic rings. The highest BCUT2D eigenvalue weighted by Gasteiger charge is 2.07. The van der Waals surface area contributed by atoms with Gasteiger partial charge in [-0.2, -0.15) is 0 Å². The maximum Gasteiger partial charge on any atom is 0.177 e. The molecule has 0 saturated carbocycles. The van der Waals surface area contributed by atoms with Crippen molar-refractivity contribution in [3.63, 3.8) is 0 Å². The van der Waals surface area contributed by atoms with E-state index in [1.54, 1.807) is 13.8 Å². The number of rotatable bonds is 3. The van der Waals surface area contributed by atoms with Gasteiger partial charge in [-0.3, -0.25) is 0 Å². The molecule has 1 aromatic carbocycles. The summed E-state index contributed by atoms with van der Waals surface area (Å²) in [6, 6.07) is 3.77. The Bertz CT molecular complexity index is 602. The molecule has 96 valence electrons. The Morgan fingerprint density at radius 3 is 2.44 bits per heavy atom. The Balaban J connectivity index is 2.40. The van der Waals surface area contributed by atoms with Crippen molar-refractivity contribution in [1.29, 1.82) is 0 Å². The number of hydrogen-bond donors (Lipinski definition) is 1. The standard InChI is InChI=1S/C14H17FN2S/c1-4-12-7-16-14(18)17(12)8-11-5-9(2)13(15)10(3)6-11/h5-7H,4,8H2,1-3H3,(H,16,18). The van der Waals surface area contributed by atoms with Crippen molar-refractivity contribution in [2.24, 2.45) is 0 Å². The maximum atomic E-state index is 13.6. The van der Waals surface area contributed by atoms with Gasteiger partial charge in [0.2, 0.25) is 0 Å². The van der Waals surface area contributed by atoms with Crippen molar-refractivity contribution in [1.82, 2.24) is 9.55 Å². The Morgan fingerprint density at radius 2 is 1.89 bits per heavy atom. The van der Waals surface area contributed by atoms with Gasteiger partial charge in [-0.15, -0.1) is 0 Å². The first-order valence-electron chi connectivity index (χ1n) is 6.05. The van der Waals surface area contributed by atoms with Gasteiger partial charge in [-0.25, -0.2) is 4.39 Å². The summed E-state index contributed by atoms with van der Waals surface area (Å²) in [4.78, 5) is 3.05. The van der Waals surface area contributed by atoms with Crippen LogP contribution in [0.4, 0.5) is 4.39 Å². The summed E-state index contributed by atoms with van der Waals surface area (Å²) in [5, 5.41) is 0. The number of aromatic nitrogens is 2. The first-order chi connectivity index (χ1) is 8.52. The topological polar surface area (TPSA) is 20.7 Å². The zero-order valence-corrected chi connectivity index (χ0v) is 11.7. The van der Waals surface area contributed by atoms with Crippen molar-refractivity contribution in [2.45, 2.75) is 33.7 Å². The van der Waals surface area contributed by atoms with Crippen molar-refractivity contribution < 1.29 is 4.39 Å². The van der Waals surface area contributed by atoms with E-state index in [1.807, 2.05) is 18.3 Å². The fraction of sp³-hybridized carbons (Fsp3) is 0.357. The number of halogens is 1. The summed E-state index contributed by atoms with van der Waals surface area (Å²) in [6.45, 7) is 6.37. The van der Waals surface area contributed by atoms with Crippen LogP contribution in [0.1, 0.15) is 29.3 Å². The zero-order valence-electron chi connectivity index (χ0n) is 10.9. The minimum Gasteiger partial charge on any atom is -0.337 e. The van der Waals surface area contributed by atoms with Crippen LogP contribution in [-0.4, -0.2) is 9.55 Å². The Kier molecular flexibility index (Phi) is 3.66. The number of aryl methyl sites for hydroxylation is 3. The van der Waals surface area contributed by atoms with Gasteiger partial charge in [0, 0.05) is 11.9 Å². The molecule has 0 atom stereocenters. The van der Waals surface area contributed by atoms with E-state index in [-0.39, 0.29) is 5.82 Å². The predicted octanol–water partition coefficient (Wildman–Crippen LogP) is 3.91. The molecule has 0 aliphatic rings. The molecule has 0 radical (unpaired) electrons. The summed E-state index contributed by atoms with van der Waals surface area (Å²) < 4.78 is 16.4. The maximum absolute atomic E-state index is 13.6. The van der Waals surface area contributed by atoms with Gasteiger partial charge in [0.15, 0.2) is 4.77 Å². The molecule has 0 unspecified atom stereocenters. The minimum atomic E-state index is -0.118. The van der Waals surface area contributed by atoms with Crippen LogP contribution in [0.25, 0.3) is 0 Å². The van der Waals surface area contributed by atoms with E-state index in [0.29, 0.717) is 22.4 Å².